The third-order valence-corrected chi connectivity index (χ3v) is 2.32. The van der Waals surface area contributed by atoms with E-state index < -0.39 is 11.9 Å². The van der Waals surface area contributed by atoms with Gasteiger partial charge in [-0.25, -0.2) is 9.59 Å². The molecule has 0 aliphatic rings. The minimum atomic E-state index is -0.605. The lowest BCUT2D eigenvalue weighted by Gasteiger charge is -2.12. The SMILES string of the molecule is C=Cc1cccc(OC(=O)C(=C)C)c1OC(=O)C(=C)C. The second-order valence-electron chi connectivity index (χ2n) is 4.22. The molecule has 0 radical (unpaired) electrons. The van der Waals surface area contributed by atoms with Crippen LogP contribution in [0.1, 0.15) is 19.4 Å². The van der Waals surface area contributed by atoms with Gasteiger partial charge in [0.15, 0.2) is 11.5 Å². The average molecular weight is 272 g/mol. The van der Waals surface area contributed by atoms with Crippen LogP contribution < -0.4 is 9.47 Å². The minimum Gasteiger partial charge on any atom is -0.419 e. The zero-order valence-corrected chi connectivity index (χ0v) is 11.6. The maximum absolute atomic E-state index is 11.6. The Bertz CT molecular complexity index is 596. The normalized spacial score (nSPS) is 9.50. The molecular weight excluding hydrogens is 256 g/mol. The van der Waals surface area contributed by atoms with Gasteiger partial charge in [-0.3, -0.25) is 0 Å². The van der Waals surface area contributed by atoms with Crippen molar-refractivity contribution in [2.24, 2.45) is 0 Å². The zero-order valence-electron chi connectivity index (χ0n) is 11.6. The number of hydrogen-bond acceptors (Lipinski definition) is 4. The van der Waals surface area contributed by atoms with Gasteiger partial charge >= 0.3 is 11.9 Å². The van der Waals surface area contributed by atoms with Crippen LogP contribution in [-0.4, -0.2) is 11.9 Å². The Morgan fingerprint density at radius 1 is 1.05 bits per heavy atom. The molecule has 20 heavy (non-hydrogen) atoms. The molecular formula is C16H16O4. The largest absolute Gasteiger partial charge is 0.419 e. The lowest BCUT2D eigenvalue weighted by Crippen LogP contribution is -2.13. The molecule has 1 aromatic rings. The van der Waals surface area contributed by atoms with E-state index in [-0.39, 0.29) is 22.6 Å². The average Bonchev–Trinajstić information content (AvgIpc) is 2.39. The number of hydrogen-bond donors (Lipinski definition) is 0. The standard InChI is InChI=1S/C16H16O4/c1-6-12-8-7-9-13(19-15(17)10(2)3)14(12)20-16(18)11(4)5/h6-9H,1-2,4H2,3,5H3. The smallest absolute Gasteiger partial charge is 0.338 e. The molecule has 0 aromatic heterocycles. The molecule has 0 bridgehead atoms. The van der Waals surface area contributed by atoms with Gasteiger partial charge in [-0.1, -0.05) is 37.9 Å². The highest BCUT2D eigenvalue weighted by Crippen LogP contribution is 2.33. The lowest BCUT2D eigenvalue weighted by molar-refractivity contribution is -0.132. The Hall–Kier alpha value is -2.62. The Kier molecular flexibility index (Phi) is 5.03. The van der Waals surface area contributed by atoms with Crippen molar-refractivity contribution >= 4 is 18.0 Å². The summed E-state index contributed by atoms with van der Waals surface area (Å²) in [5.41, 5.74) is 1.01. The number of benzene rings is 1. The van der Waals surface area contributed by atoms with E-state index in [1.54, 1.807) is 12.1 Å². The molecule has 0 N–H and O–H groups in total. The first kappa shape index (κ1) is 15.4. The van der Waals surface area contributed by atoms with Gasteiger partial charge in [-0.15, -0.1) is 0 Å². The summed E-state index contributed by atoms with van der Waals surface area (Å²) in [6.45, 7) is 13.7. The zero-order chi connectivity index (χ0) is 15.3. The first-order chi connectivity index (χ1) is 9.36. The molecule has 0 saturated carbocycles. The van der Waals surface area contributed by atoms with Crippen molar-refractivity contribution in [3.05, 3.63) is 54.6 Å². The molecule has 104 valence electrons. The van der Waals surface area contributed by atoms with Gasteiger partial charge < -0.3 is 9.47 Å². The fourth-order valence-electron chi connectivity index (χ4n) is 1.25. The van der Waals surface area contributed by atoms with Crippen LogP contribution in [-0.2, 0) is 9.59 Å². The molecule has 0 spiro atoms. The van der Waals surface area contributed by atoms with E-state index in [2.05, 4.69) is 19.7 Å². The van der Waals surface area contributed by atoms with Gasteiger partial charge in [0.2, 0.25) is 0 Å². The minimum absolute atomic E-state index is 0.130. The Morgan fingerprint density at radius 2 is 1.60 bits per heavy atom. The molecule has 0 heterocycles. The quantitative estimate of drug-likeness (QED) is 0.469. The van der Waals surface area contributed by atoms with E-state index in [4.69, 9.17) is 9.47 Å². The van der Waals surface area contributed by atoms with E-state index in [0.29, 0.717) is 5.56 Å². The highest BCUT2D eigenvalue weighted by molar-refractivity contribution is 5.91. The van der Waals surface area contributed by atoms with E-state index in [1.165, 1.54) is 26.0 Å². The fourth-order valence-corrected chi connectivity index (χ4v) is 1.25. The summed E-state index contributed by atoms with van der Waals surface area (Å²) in [6, 6.07) is 4.87. The van der Waals surface area contributed by atoms with Crippen molar-refractivity contribution in [1.29, 1.82) is 0 Å². The van der Waals surface area contributed by atoms with E-state index >= 15 is 0 Å². The van der Waals surface area contributed by atoms with Gasteiger partial charge in [0.05, 0.1) is 0 Å². The van der Waals surface area contributed by atoms with Crippen molar-refractivity contribution in [3.63, 3.8) is 0 Å². The van der Waals surface area contributed by atoms with Gasteiger partial charge in [0.25, 0.3) is 0 Å². The first-order valence-electron chi connectivity index (χ1n) is 5.87. The van der Waals surface area contributed by atoms with Gasteiger partial charge in [0, 0.05) is 16.7 Å². The number of carbonyl (C=O) groups excluding carboxylic acids is 2. The van der Waals surface area contributed by atoms with Crippen molar-refractivity contribution in [3.8, 4) is 11.5 Å². The summed E-state index contributed by atoms with van der Waals surface area (Å²) in [6.07, 6.45) is 1.50. The van der Waals surface area contributed by atoms with Crippen LogP contribution in [0.5, 0.6) is 11.5 Å². The van der Waals surface area contributed by atoms with Crippen molar-refractivity contribution in [2.45, 2.75) is 13.8 Å². The third-order valence-electron chi connectivity index (χ3n) is 2.32. The molecule has 1 aromatic carbocycles. The predicted octanol–water partition coefficient (Wildman–Crippen LogP) is 3.29. The van der Waals surface area contributed by atoms with E-state index in [1.807, 2.05) is 0 Å². The number of carbonyl (C=O) groups is 2. The van der Waals surface area contributed by atoms with Crippen molar-refractivity contribution in [2.75, 3.05) is 0 Å². The monoisotopic (exact) mass is 272 g/mol. The highest BCUT2D eigenvalue weighted by Gasteiger charge is 2.17. The van der Waals surface area contributed by atoms with Gasteiger partial charge in [-0.2, -0.15) is 0 Å². The summed E-state index contributed by atoms with van der Waals surface area (Å²) in [7, 11) is 0. The summed E-state index contributed by atoms with van der Waals surface area (Å²) in [4.78, 5) is 23.2. The Labute approximate surface area is 118 Å². The maximum Gasteiger partial charge on any atom is 0.338 e. The van der Waals surface area contributed by atoms with E-state index in [9.17, 15) is 9.59 Å². The summed E-state index contributed by atoms with van der Waals surface area (Å²) < 4.78 is 10.3. The molecule has 0 aliphatic heterocycles. The van der Waals surface area contributed by atoms with Crippen LogP contribution >= 0.6 is 0 Å². The van der Waals surface area contributed by atoms with E-state index in [0.717, 1.165) is 0 Å². The fraction of sp³-hybridized carbons (Fsp3) is 0.125. The van der Waals surface area contributed by atoms with Crippen molar-refractivity contribution in [1.82, 2.24) is 0 Å². The van der Waals surface area contributed by atoms with Gasteiger partial charge in [-0.05, 0) is 19.9 Å². The van der Waals surface area contributed by atoms with Crippen molar-refractivity contribution < 1.29 is 19.1 Å². The topological polar surface area (TPSA) is 52.6 Å². The summed E-state index contributed by atoms with van der Waals surface area (Å²) >= 11 is 0. The Balaban J connectivity index is 3.20. The molecule has 0 aliphatic carbocycles. The molecule has 0 fully saturated rings. The van der Waals surface area contributed by atoms with Crippen LogP contribution in [0.3, 0.4) is 0 Å². The molecule has 4 nitrogen and oxygen atoms in total. The Morgan fingerprint density at radius 3 is 2.10 bits per heavy atom. The summed E-state index contributed by atoms with van der Waals surface area (Å²) in [5.74, 6) is -0.944. The first-order valence-corrected chi connectivity index (χ1v) is 5.87. The number of rotatable bonds is 5. The number of para-hydroxylation sites is 1. The molecule has 4 heteroatoms. The molecule has 1 rings (SSSR count). The lowest BCUT2D eigenvalue weighted by atomic mass is 10.2. The second kappa shape index (κ2) is 6.52. The second-order valence-corrected chi connectivity index (χ2v) is 4.22. The van der Waals surface area contributed by atoms with Crippen LogP contribution in [0.4, 0.5) is 0 Å². The van der Waals surface area contributed by atoms with Crippen LogP contribution in [0, 0.1) is 0 Å². The number of ether oxygens (including phenoxy) is 2. The molecule has 0 atom stereocenters. The number of esters is 2. The summed E-state index contributed by atoms with van der Waals surface area (Å²) in [5, 5.41) is 0. The van der Waals surface area contributed by atoms with Gasteiger partial charge in [0.1, 0.15) is 0 Å². The van der Waals surface area contributed by atoms with Crippen LogP contribution in [0.25, 0.3) is 6.08 Å². The van der Waals surface area contributed by atoms with Crippen LogP contribution in [0.2, 0.25) is 0 Å². The maximum atomic E-state index is 11.6. The predicted molar refractivity (Wildman–Crippen MR) is 77.4 cm³/mol. The highest BCUT2D eigenvalue weighted by atomic mass is 16.6. The molecule has 0 unspecified atom stereocenters. The van der Waals surface area contributed by atoms with Crippen LogP contribution in [0.15, 0.2) is 49.1 Å². The molecule has 0 amide bonds. The third kappa shape index (κ3) is 3.68. The molecule has 0 saturated heterocycles.